The molecule has 5 heteroatoms. The first kappa shape index (κ1) is 9.02. The Bertz CT molecular complexity index is 56.4. The molecular weight excluding hydrogens is 335 g/mol. The standard InChI is InChI=1S/C2HBr3Cl2/c3-2(4,5)1(6)7/h1H. The summed E-state index contributed by atoms with van der Waals surface area (Å²) in [5.74, 6) is 0. The van der Waals surface area contributed by atoms with Crippen LogP contribution in [0.5, 0.6) is 0 Å². The smallest absolute Gasteiger partial charge is 0.102 e. The zero-order chi connectivity index (χ0) is 6.08. The molecule has 0 aromatic carbocycles. The highest BCUT2D eigenvalue weighted by atomic mass is 80.0. The van der Waals surface area contributed by atoms with Crippen molar-refractivity contribution in [2.75, 3.05) is 0 Å². The molecule has 0 saturated heterocycles. The van der Waals surface area contributed by atoms with Gasteiger partial charge in [-0.2, -0.15) is 0 Å². The first-order valence-corrected chi connectivity index (χ1v) is 4.54. The minimum atomic E-state index is -0.532. The van der Waals surface area contributed by atoms with E-state index in [1.165, 1.54) is 0 Å². The molecule has 0 rings (SSSR count). The number of hydrogen-bond acceptors (Lipinski definition) is 0. The van der Waals surface area contributed by atoms with E-state index in [2.05, 4.69) is 47.8 Å². The van der Waals surface area contributed by atoms with Gasteiger partial charge in [0, 0.05) is 0 Å². The Morgan fingerprint density at radius 2 is 1.29 bits per heavy atom. The minimum absolute atomic E-state index is 0.507. The summed E-state index contributed by atoms with van der Waals surface area (Å²) in [7, 11) is 0. The topological polar surface area (TPSA) is 0 Å². The lowest BCUT2D eigenvalue weighted by Crippen LogP contribution is -2.09. The monoisotopic (exact) mass is 332 g/mol. The molecule has 44 valence electrons. The van der Waals surface area contributed by atoms with Gasteiger partial charge >= 0.3 is 0 Å². The lowest BCUT2D eigenvalue weighted by Gasteiger charge is -2.10. The molecule has 7 heavy (non-hydrogen) atoms. The van der Waals surface area contributed by atoms with Crippen LogP contribution in [0.25, 0.3) is 0 Å². The second kappa shape index (κ2) is 3.25. The summed E-state index contributed by atoms with van der Waals surface area (Å²) in [4.78, 5) is -0.507. The molecule has 0 saturated carbocycles. The van der Waals surface area contributed by atoms with Crippen LogP contribution in [-0.4, -0.2) is 6.98 Å². The summed E-state index contributed by atoms with van der Waals surface area (Å²) in [6, 6.07) is 0. The fraction of sp³-hybridized carbons (Fsp3) is 1.00. The molecule has 0 aromatic rings. The van der Waals surface area contributed by atoms with Crippen LogP contribution in [0.4, 0.5) is 0 Å². The predicted octanol–water partition coefficient (Wildman–Crippen LogP) is 3.63. The summed E-state index contributed by atoms with van der Waals surface area (Å²) in [5.41, 5.74) is 0. The Labute approximate surface area is 77.3 Å². The van der Waals surface area contributed by atoms with Crippen molar-refractivity contribution in [2.24, 2.45) is 0 Å². The molecule has 0 amide bonds. The van der Waals surface area contributed by atoms with Crippen molar-refractivity contribution in [3.63, 3.8) is 0 Å². The molecule has 0 heterocycles. The fourth-order valence-corrected chi connectivity index (χ4v) is 0. The minimum Gasteiger partial charge on any atom is -0.102 e. The van der Waals surface area contributed by atoms with Crippen LogP contribution in [-0.2, 0) is 0 Å². The van der Waals surface area contributed by atoms with Crippen molar-refractivity contribution >= 4 is 71.0 Å². The van der Waals surface area contributed by atoms with Gasteiger partial charge in [0.1, 0.15) is 4.84 Å². The molecule has 0 aromatic heterocycles. The van der Waals surface area contributed by atoms with E-state index in [4.69, 9.17) is 23.2 Å². The Morgan fingerprint density at radius 1 is 1.14 bits per heavy atom. The lowest BCUT2D eigenvalue weighted by molar-refractivity contribution is 1.31. The molecule has 0 aliphatic rings. The number of halogens is 5. The van der Waals surface area contributed by atoms with Crippen LogP contribution in [0.3, 0.4) is 0 Å². The first-order valence-electron chi connectivity index (χ1n) is 1.29. The van der Waals surface area contributed by atoms with Crippen LogP contribution >= 0.6 is 71.0 Å². The molecular formula is C2HBr3Cl2. The lowest BCUT2D eigenvalue weighted by atomic mass is 10.9. The van der Waals surface area contributed by atoms with Gasteiger partial charge in [-0.1, -0.05) is 47.8 Å². The van der Waals surface area contributed by atoms with Crippen LogP contribution in [0, 0.1) is 0 Å². The molecule has 0 radical (unpaired) electrons. The van der Waals surface area contributed by atoms with Gasteiger partial charge in [-0.3, -0.25) is 0 Å². The SMILES string of the molecule is ClC(Cl)C(Br)(Br)Br. The maximum Gasteiger partial charge on any atom is 0.164 e. The number of rotatable bonds is 0. The third-order valence-electron chi connectivity index (χ3n) is 0.247. The normalized spacial score (nSPS) is 12.9. The molecule has 0 aliphatic carbocycles. The van der Waals surface area contributed by atoms with Gasteiger partial charge in [0.15, 0.2) is 2.14 Å². The van der Waals surface area contributed by atoms with Crippen molar-refractivity contribution < 1.29 is 0 Å². The average Bonchev–Trinajstić information content (AvgIpc) is 1.31. The second-order valence-corrected chi connectivity index (χ2v) is 8.88. The van der Waals surface area contributed by atoms with Gasteiger partial charge in [-0.05, 0) is 0 Å². The van der Waals surface area contributed by atoms with Crippen molar-refractivity contribution in [2.45, 2.75) is 6.98 Å². The van der Waals surface area contributed by atoms with Crippen LogP contribution in [0.1, 0.15) is 0 Å². The molecule has 0 bridgehead atoms. The summed E-state index contributed by atoms with van der Waals surface area (Å²) in [5, 5.41) is 0. The van der Waals surface area contributed by atoms with E-state index in [9.17, 15) is 0 Å². The third-order valence-corrected chi connectivity index (χ3v) is 3.86. The van der Waals surface area contributed by atoms with Crippen molar-refractivity contribution in [1.82, 2.24) is 0 Å². The molecule has 0 fully saturated rings. The van der Waals surface area contributed by atoms with E-state index in [0.717, 1.165) is 0 Å². The summed E-state index contributed by atoms with van der Waals surface area (Å²) < 4.78 is -0.532. The largest absolute Gasteiger partial charge is 0.164 e. The third kappa shape index (κ3) is 4.52. The Morgan fingerprint density at radius 3 is 1.29 bits per heavy atom. The van der Waals surface area contributed by atoms with E-state index in [1.54, 1.807) is 0 Å². The van der Waals surface area contributed by atoms with Gasteiger partial charge in [0.05, 0.1) is 0 Å². The summed E-state index contributed by atoms with van der Waals surface area (Å²) >= 11 is 20.1. The van der Waals surface area contributed by atoms with Crippen molar-refractivity contribution in [3.05, 3.63) is 0 Å². The second-order valence-electron chi connectivity index (χ2n) is 0.842. The van der Waals surface area contributed by atoms with Gasteiger partial charge in [0.2, 0.25) is 0 Å². The highest BCUT2D eigenvalue weighted by Crippen LogP contribution is 2.41. The Kier molecular flexibility index (Phi) is 4.19. The van der Waals surface area contributed by atoms with E-state index < -0.39 is 6.98 Å². The van der Waals surface area contributed by atoms with Crippen LogP contribution in [0.15, 0.2) is 0 Å². The van der Waals surface area contributed by atoms with Crippen LogP contribution in [0.2, 0.25) is 0 Å². The highest BCUT2D eigenvalue weighted by Gasteiger charge is 2.26. The fourth-order valence-electron chi connectivity index (χ4n) is 0. The molecule has 0 unspecified atom stereocenters. The van der Waals surface area contributed by atoms with Crippen molar-refractivity contribution in [3.8, 4) is 0 Å². The van der Waals surface area contributed by atoms with Gasteiger partial charge < -0.3 is 0 Å². The zero-order valence-corrected chi connectivity index (χ0v) is 9.24. The molecule has 0 aliphatic heterocycles. The Hall–Kier alpha value is 2.02. The van der Waals surface area contributed by atoms with Crippen LogP contribution < -0.4 is 0 Å². The maximum atomic E-state index is 5.38. The first-order chi connectivity index (χ1) is 2.94. The zero-order valence-electron chi connectivity index (χ0n) is 2.97. The number of hydrogen-bond donors (Lipinski definition) is 0. The van der Waals surface area contributed by atoms with E-state index in [-0.39, 0.29) is 0 Å². The molecule has 0 atom stereocenters. The van der Waals surface area contributed by atoms with E-state index >= 15 is 0 Å². The molecule has 0 nitrogen and oxygen atoms in total. The van der Waals surface area contributed by atoms with Crippen molar-refractivity contribution in [1.29, 1.82) is 0 Å². The number of alkyl halides is 5. The molecule has 0 N–H and O–H groups in total. The summed E-state index contributed by atoms with van der Waals surface area (Å²) in [6.45, 7) is 0. The highest BCUT2D eigenvalue weighted by molar-refractivity contribution is 9.39. The van der Waals surface area contributed by atoms with Gasteiger partial charge in [-0.25, -0.2) is 0 Å². The van der Waals surface area contributed by atoms with E-state index in [1.807, 2.05) is 0 Å². The van der Waals surface area contributed by atoms with Gasteiger partial charge in [0.25, 0.3) is 0 Å². The average molecular weight is 336 g/mol. The predicted molar refractivity (Wildman–Crippen MR) is 45.0 cm³/mol. The Balaban J connectivity index is 3.54. The molecule has 0 spiro atoms. The van der Waals surface area contributed by atoms with Gasteiger partial charge in [-0.15, -0.1) is 23.2 Å². The van der Waals surface area contributed by atoms with E-state index in [0.29, 0.717) is 0 Å². The summed E-state index contributed by atoms with van der Waals surface area (Å²) in [6.07, 6.45) is 0. The maximum absolute atomic E-state index is 5.38. The quantitative estimate of drug-likeness (QED) is 0.593.